The van der Waals surface area contributed by atoms with Crippen LogP contribution < -0.4 is 0 Å². The van der Waals surface area contributed by atoms with Crippen LogP contribution in [0.1, 0.15) is 24.8 Å². The number of rotatable bonds is 3. The van der Waals surface area contributed by atoms with Crippen molar-refractivity contribution in [3.63, 3.8) is 0 Å². The highest BCUT2D eigenvalue weighted by molar-refractivity contribution is 6.32. The highest BCUT2D eigenvalue weighted by atomic mass is 35.5. The van der Waals surface area contributed by atoms with Gasteiger partial charge in [0, 0.05) is 0 Å². The van der Waals surface area contributed by atoms with Crippen molar-refractivity contribution >= 4 is 17.6 Å². The maximum Gasteiger partial charge on any atom is 0.303 e. The quantitative estimate of drug-likeness (QED) is 0.813. The first-order valence-electron chi connectivity index (χ1n) is 4.21. The van der Waals surface area contributed by atoms with Crippen molar-refractivity contribution in [3.8, 4) is 5.75 Å². The Morgan fingerprint density at radius 1 is 1.57 bits per heavy atom. The summed E-state index contributed by atoms with van der Waals surface area (Å²) >= 11 is 5.62. The molecule has 1 atom stereocenters. The van der Waals surface area contributed by atoms with Crippen LogP contribution in [-0.4, -0.2) is 16.2 Å². The van der Waals surface area contributed by atoms with E-state index in [1.54, 1.807) is 19.1 Å². The molecule has 2 N–H and O–H groups in total. The molecule has 14 heavy (non-hydrogen) atoms. The summed E-state index contributed by atoms with van der Waals surface area (Å²) in [5.41, 5.74) is 0.773. The van der Waals surface area contributed by atoms with Gasteiger partial charge in [0.05, 0.1) is 11.4 Å². The summed E-state index contributed by atoms with van der Waals surface area (Å²) in [7, 11) is 0. The van der Waals surface area contributed by atoms with Crippen molar-refractivity contribution in [3.05, 3.63) is 28.8 Å². The molecule has 0 radical (unpaired) electrons. The molecule has 1 aromatic rings. The van der Waals surface area contributed by atoms with Crippen LogP contribution in [0.2, 0.25) is 5.02 Å². The van der Waals surface area contributed by atoms with Crippen LogP contribution in [0.4, 0.5) is 0 Å². The SMILES string of the molecule is CC(CC(=O)O)c1ccc(Cl)c(O)c1. The normalized spacial score (nSPS) is 12.4. The van der Waals surface area contributed by atoms with Crippen LogP contribution >= 0.6 is 11.6 Å². The molecule has 0 aromatic heterocycles. The van der Waals surface area contributed by atoms with Gasteiger partial charge >= 0.3 is 5.97 Å². The highest BCUT2D eigenvalue weighted by Gasteiger charge is 2.11. The molecule has 3 nitrogen and oxygen atoms in total. The number of phenols is 1. The fourth-order valence-corrected chi connectivity index (χ4v) is 1.33. The Labute approximate surface area is 86.9 Å². The second-order valence-corrected chi connectivity index (χ2v) is 3.62. The van der Waals surface area contributed by atoms with E-state index in [1.165, 1.54) is 6.07 Å². The van der Waals surface area contributed by atoms with Crippen molar-refractivity contribution in [2.45, 2.75) is 19.3 Å². The van der Waals surface area contributed by atoms with E-state index in [2.05, 4.69) is 0 Å². The van der Waals surface area contributed by atoms with Gasteiger partial charge in [0.2, 0.25) is 0 Å². The number of phenolic OH excluding ortho intramolecular Hbond substituents is 1. The molecule has 4 heteroatoms. The first-order chi connectivity index (χ1) is 6.50. The molecule has 1 rings (SSSR count). The van der Waals surface area contributed by atoms with Crippen LogP contribution in [0.5, 0.6) is 5.75 Å². The standard InChI is InChI=1S/C10H11ClO3/c1-6(4-10(13)14)7-2-3-8(11)9(12)5-7/h2-3,5-6,12H,4H2,1H3,(H,13,14). The number of carboxylic acids is 1. The van der Waals surface area contributed by atoms with Gasteiger partial charge in [-0.1, -0.05) is 24.6 Å². The molecule has 0 aliphatic rings. The predicted octanol–water partition coefficient (Wildman–Crippen LogP) is 2.62. The lowest BCUT2D eigenvalue weighted by Crippen LogP contribution is -2.02. The molecule has 0 fully saturated rings. The lowest BCUT2D eigenvalue weighted by Gasteiger charge is -2.09. The number of benzene rings is 1. The molecule has 0 amide bonds. The number of carboxylic acid groups (broad SMARTS) is 1. The van der Waals surface area contributed by atoms with E-state index in [0.29, 0.717) is 0 Å². The number of aromatic hydroxyl groups is 1. The second kappa shape index (κ2) is 4.33. The maximum atomic E-state index is 10.4. The molecule has 1 aromatic carbocycles. The van der Waals surface area contributed by atoms with E-state index < -0.39 is 5.97 Å². The fraction of sp³-hybridized carbons (Fsp3) is 0.300. The third kappa shape index (κ3) is 2.64. The second-order valence-electron chi connectivity index (χ2n) is 3.21. The fourth-order valence-electron chi connectivity index (χ4n) is 1.22. The van der Waals surface area contributed by atoms with Gasteiger partial charge in [-0.05, 0) is 23.6 Å². The summed E-state index contributed by atoms with van der Waals surface area (Å²) in [6, 6.07) is 4.77. The van der Waals surface area contributed by atoms with Gasteiger partial charge < -0.3 is 10.2 Å². The van der Waals surface area contributed by atoms with Gasteiger partial charge in [-0.25, -0.2) is 0 Å². The number of hydrogen-bond donors (Lipinski definition) is 2. The largest absolute Gasteiger partial charge is 0.506 e. The number of hydrogen-bond acceptors (Lipinski definition) is 2. The lowest BCUT2D eigenvalue weighted by atomic mass is 9.98. The highest BCUT2D eigenvalue weighted by Crippen LogP contribution is 2.28. The first-order valence-corrected chi connectivity index (χ1v) is 4.58. The van der Waals surface area contributed by atoms with E-state index in [4.69, 9.17) is 16.7 Å². The van der Waals surface area contributed by atoms with Crippen molar-refractivity contribution in [1.29, 1.82) is 0 Å². The molecule has 0 aliphatic carbocycles. The van der Waals surface area contributed by atoms with Crippen LogP contribution in [0, 0.1) is 0 Å². The molecule has 76 valence electrons. The number of carbonyl (C=O) groups is 1. The lowest BCUT2D eigenvalue weighted by molar-refractivity contribution is -0.137. The summed E-state index contributed by atoms with van der Waals surface area (Å²) in [6.07, 6.45) is 0.0427. The van der Waals surface area contributed by atoms with Crippen LogP contribution in [0.25, 0.3) is 0 Å². The molecule has 0 bridgehead atoms. The number of halogens is 1. The van der Waals surface area contributed by atoms with Gasteiger partial charge in [-0.15, -0.1) is 0 Å². The van der Waals surface area contributed by atoms with E-state index in [0.717, 1.165) is 5.56 Å². The minimum Gasteiger partial charge on any atom is -0.506 e. The Bertz CT molecular complexity index is 349. The molecule has 0 saturated heterocycles. The van der Waals surface area contributed by atoms with E-state index in [9.17, 15) is 9.90 Å². The van der Waals surface area contributed by atoms with Gasteiger partial charge in [-0.2, -0.15) is 0 Å². The Morgan fingerprint density at radius 3 is 2.71 bits per heavy atom. The molecule has 0 saturated carbocycles. The average molecular weight is 215 g/mol. The zero-order chi connectivity index (χ0) is 10.7. The zero-order valence-corrected chi connectivity index (χ0v) is 8.45. The summed E-state index contributed by atoms with van der Waals surface area (Å²) in [5, 5.41) is 18.2. The molecular weight excluding hydrogens is 204 g/mol. The minimum atomic E-state index is -0.855. The van der Waals surface area contributed by atoms with Gasteiger partial charge in [0.1, 0.15) is 5.75 Å². The van der Waals surface area contributed by atoms with E-state index in [-0.39, 0.29) is 23.1 Å². The Hall–Kier alpha value is -1.22. The summed E-state index contributed by atoms with van der Waals surface area (Å²) in [4.78, 5) is 10.4. The van der Waals surface area contributed by atoms with Gasteiger partial charge in [0.25, 0.3) is 0 Å². The third-order valence-electron chi connectivity index (χ3n) is 2.02. The van der Waals surface area contributed by atoms with Gasteiger partial charge in [0.15, 0.2) is 0 Å². The summed E-state index contributed by atoms with van der Waals surface area (Å²) in [5.74, 6) is -0.996. The summed E-state index contributed by atoms with van der Waals surface area (Å²) in [6.45, 7) is 1.79. The van der Waals surface area contributed by atoms with Crippen LogP contribution in [0.15, 0.2) is 18.2 Å². The van der Waals surface area contributed by atoms with E-state index >= 15 is 0 Å². The molecule has 1 unspecified atom stereocenters. The molecule has 0 aliphatic heterocycles. The molecule has 0 heterocycles. The van der Waals surface area contributed by atoms with Crippen molar-refractivity contribution < 1.29 is 15.0 Å². The van der Waals surface area contributed by atoms with Crippen molar-refractivity contribution in [1.82, 2.24) is 0 Å². The monoisotopic (exact) mass is 214 g/mol. The maximum absolute atomic E-state index is 10.4. The van der Waals surface area contributed by atoms with Crippen molar-refractivity contribution in [2.24, 2.45) is 0 Å². The zero-order valence-electron chi connectivity index (χ0n) is 7.70. The topological polar surface area (TPSA) is 57.5 Å². The Balaban J connectivity index is 2.85. The minimum absolute atomic E-state index is 0.0126. The van der Waals surface area contributed by atoms with E-state index in [1.807, 2.05) is 0 Å². The third-order valence-corrected chi connectivity index (χ3v) is 2.34. The summed E-state index contributed by atoms with van der Waals surface area (Å²) < 4.78 is 0. The van der Waals surface area contributed by atoms with Crippen molar-refractivity contribution in [2.75, 3.05) is 0 Å². The average Bonchev–Trinajstić information content (AvgIpc) is 2.08. The predicted molar refractivity (Wildman–Crippen MR) is 53.8 cm³/mol. The first kappa shape index (κ1) is 10.9. The molecule has 0 spiro atoms. The van der Waals surface area contributed by atoms with Crippen LogP contribution in [0.3, 0.4) is 0 Å². The number of aliphatic carboxylic acids is 1. The Morgan fingerprint density at radius 2 is 2.21 bits per heavy atom. The molecular formula is C10H11ClO3. The van der Waals surface area contributed by atoms with Crippen LogP contribution in [-0.2, 0) is 4.79 Å². The smallest absolute Gasteiger partial charge is 0.303 e. The Kier molecular flexibility index (Phi) is 3.36. The van der Waals surface area contributed by atoms with Gasteiger partial charge in [-0.3, -0.25) is 4.79 Å².